The van der Waals surface area contributed by atoms with Crippen LogP contribution in [0.25, 0.3) is 10.9 Å². The van der Waals surface area contributed by atoms with Gasteiger partial charge in [-0.3, -0.25) is 9.59 Å². The number of aromatic nitrogens is 1. The first-order valence-electron chi connectivity index (χ1n) is 7.62. The minimum Gasteiger partial charge on any atom is -0.357 e. The van der Waals surface area contributed by atoms with Gasteiger partial charge in [-0.25, -0.2) is 0 Å². The Morgan fingerprint density at radius 1 is 1.26 bits per heavy atom. The molecule has 0 aliphatic rings. The van der Waals surface area contributed by atoms with Crippen LogP contribution in [0.15, 0.2) is 24.3 Å². The molecular weight excluding hydrogens is 314 g/mol. The van der Waals surface area contributed by atoms with Crippen molar-refractivity contribution in [2.24, 2.45) is 13.0 Å². The highest BCUT2D eigenvalue weighted by Gasteiger charge is 2.25. The van der Waals surface area contributed by atoms with E-state index in [0.29, 0.717) is 17.1 Å². The maximum Gasteiger partial charge on any atom is 0.270 e. The number of likely N-dealkylation sites (N-methyl/N-ethyl adjacent to an activating group) is 1. The monoisotopic (exact) mass is 335 g/mol. The minimum atomic E-state index is -0.582. The van der Waals surface area contributed by atoms with Crippen LogP contribution in [0, 0.1) is 5.92 Å². The number of amides is 2. The quantitative estimate of drug-likeness (QED) is 0.882. The van der Waals surface area contributed by atoms with E-state index in [4.69, 9.17) is 11.6 Å². The van der Waals surface area contributed by atoms with Gasteiger partial charge in [0.25, 0.3) is 5.91 Å². The predicted octanol–water partition coefficient (Wildman–Crippen LogP) is 2.72. The molecule has 2 rings (SSSR count). The topological polar surface area (TPSA) is 63.1 Å². The van der Waals surface area contributed by atoms with E-state index in [0.717, 1.165) is 10.9 Å². The molecule has 0 bridgehead atoms. The number of fused-ring (bicyclic) bond motifs is 1. The Bertz CT molecular complexity index is 698. The zero-order valence-electron chi connectivity index (χ0n) is 13.8. The fourth-order valence-electron chi connectivity index (χ4n) is 2.70. The molecule has 0 unspecified atom stereocenters. The molecule has 0 saturated carbocycles. The molecule has 0 aliphatic carbocycles. The van der Waals surface area contributed by atoms with Gasteiger partial charge in [0.15, 0.2) is 0 Å². The Kier molecular flexibility index (Phi) is 5.31. The van der Waals surface area contributed by atoms with Crippen molar-refractivity contribution < 1.29 is 9.59 Å². The number of para-hydroxylation sites is 1. The van der Waals surface area contributed by atoms with E-state index in [1.165, 1.54) is 0 Å². The van der Waals surface area contributed by atoms with Gasteiger partial charge in [-0.2, -0.15) is 0 Å². The van der Waals surface area contributed by atoms with Crippen molar-refractivity contribution >= 4 is 34.3 Å². The van der Waals surface area contributed by atoms with E-state index in [9.17, 15) is 9.59 Å². The average Bonchev–Trinajstić information content (AvgIpc) is 2.77. The molecule has 0 radical (unpaired) electrons. The Balaban J connectivity index is 2.34. The van der Waals surface area contributed by atoms with Crippen molar-refractivity contribution in [3.8, 4) is 0 Å². The van der Waals surface area contributed by atoms with Gasteiger partial charge in [0.05, 0.1) is 5.02 Å². The number of hydrogen-bond donors (Lipinski definition) is 2. The second kappa shape index (κ2) is 7.04. The number of hydrogen-bond acceptors (Lipinski definition) is 2. The number of aryl methyl sites for hydroxylation is 1. The summed E-state index contributed by atoms with van der Waals surface area (Å²) in [6, 6.07) is 6.97. The van der Waals surface area contributed by atoms with Crippen molar-refractivity contribution in [3.05, 3.63) is 35.0 Å². The first-order chi connectivity index (χ1) is 10.9. The van der Waals surface area contributed by atoms with Crippen molar-refractivity contribution in [3.63, 3.8) is 0 Å². The summed E-state index contributed by atoms with van der Waals surface area (Å²) in [5, 5.41) is 6.62. The summed E-state index contributed by atoms with van der Waals surface area (Å²) in [4.78, 5) is 24.7. The third kappa shape index (κ3) is 3.50. The van der Waals surface area contributed by atoms with Crippen LogP contribution >= 0.6 is 11.6 Å². The lowest BCUT2D eigenvalue weighted by Gasteiger charge is -2.19. The van der Waals surface area contributed by atoms with Crippen molar-refractivity contribution in [1.82, 2.24) is 15.2 Å². The van der Waals surface area contributed by atoms with Gasteiger partial charge >= 0.3 is 0 Å². The van der Waals surface area contributed by atoms with E-state index >= 15 is 0 Å². The molecule has 0 spiro atoms. The molecule has 1 atom stereocenters. The molecule has 2 amide bonds. The Hall–Kier alpha value is -2.01. The van der Waals surface area contributed by atoms with Crippen LogP contribution in [-0.4, -0.2) is 29.5 Å². The molecule has 6 heteroatoms. The van der Waals surface area contributed by atoms with Crippen LogP contribution in [0.2, 0.25) is 5.02 Å². The lowest BCUT2D eigenvalue weighted by Crippen LogP contribution is -2.46. The van der Waals surface area contributed by atoms with Crippen LogP contribution in [0.5, 0.6) is 0 Å². The number of halogens is 1. The summed E-state index contributed by atoms with van der Waals surface area (Å²) in [6.45, 7) is 4.01. The summed E-state index contributed by atoms with van der Waals surface area (Å²) in [5.74, 6) is -0.273. The van der Waals surface area contributed by atoms with Gasteiger partial charge in [0, 0.05) is 25.0 Å². The van der Waals surface area contributed by atoms with Crippen molar-refractivity contribution in [2.45, 2.75) is 26.3 Å². The highest BCUT2D eigenvalue weighted by molar-refractivity contribution is 6.38. The number of nitrogens with one attached hydrogen (secondary N) is 2. The average molecular weight is 336 g/mol. The minimum absolute atomic E-state index is 0.207. The second-order valence-corrected chi connectivity index (χ2v) is 6.39. The maximum atomic E-state index is 12.7. The van der Waals surface area contributed by atoms with Crippen LogP contribution in [0.1, 0.15) is 30.8 Å². The molecule has 2 aromatic rings. The number of carbonyl (C=O) groups is 2. The van der Waals surface area contributed by atoms with Crippen molar-refractivity contribution in [2.75, 3.05) is 7.05 Å². The van der Waals surface area contributed by atoms with E-state index in [-0.39, 0.29) is 17.7 Å². The predicted molar refractivity (Wildman–Crippen MR) is 92.7 cm³/mol. The zero-order valence-corrected chi connectivity index (χ0v) is 14.6. The largest absolute Gasteiger partial charge is 0.357 e. The first kappa shape index (κ1) is 17.3. The molecule has 23 heavy (non-hydrogen) atoms. The Labute approximate surface area is 141 Å². The number of benzene rings is 1. The Morgan fingerprint density at radius 3 is 2.48 bits per heavy atom. The highest BCUT2D eigenvalue weighted by atomic mass is 35.5. The molecule has 2 N–H and O–H groups in total. The SMILES string of the molecule is CNC(=O)[C@@H](CC(C)C)NC(=O)c1c(Cl)c2ccccc2n1C. The smallest absolute Gasteiger partial charge is 0.270 e. The molecule has 0 saturated heterocycles. The molecular formula is C17H22ClN3O2. The van der Waals surface area contributed by atoms with Gasteiger partial charge in [0.2, 0.25) is 5.91 Å². The maximum absolute atomic E-state index is 12.7. The third-order valence-corrected chi connectivity index (χ3v) is 4.22. The van der Waals surface area contributed by atoms with Gasteiger partial charge < -0.3 is 15.2 Å². The van der Waals surface area contributed by atoms with Gasteiger partial charge in [0.1, 0.15) is 11.7 Å². The Morgan fingerprint density at radius 2 is 1.91 bits per heavy atom. The number of nitrogens with zero attached hydrogens (tertiary/aromatic N) is 1. The lowest BCUT2D eigenvalue weighted by molar-refractivity contribution is -0.122. The van der Waals surface area contributed by atoms with Crippen molar-refractivity contribution in [1.29, 1.82) is 0 Å². The van der Waals surface area contributed by atoms with E-state index in [2.05, 4.69) is 10.6 Å². The van der Waals surface area contributed by atoms with E-state index in [1.807, 2.05) is 38.1 Å². The lowest BCUT2D eigenvalue weighted by atomic mass is 10.0. The van der Waals surface area contributed by atoms with Crippen LogP contribution in [0.4, 0.5) is 0 Å². The second-order valence-electron chi connectivity index (χ2n) is 6.01. The zero-order chi connectivity index (χ0) is 17.1. The summed E-state index contributed by atoms with van der Waals surface area (Å²) < 4.78 is 1.75. The molecule has 1 aromatic carbocycles. The van der Waals surface area contributed by atoms with E-state index in [1.54, 1.807) is 18.7 Å². The molecule has 5 nitrogen and oxygen atoms in total. The molecule has 1 aromatic heterocycles. The fourth-order valence-corrected chi connectivity index (χ4v) is 3.08. The summed E-state index contributed by atoms with van der Waals surface area (Å²) in [7, 11) is 3.35. The summed E-state index contributed by atoms with van der Waals surface area (Å²) >= 11 is 6.38. The van der Waals surface area contributed by atoms with Gasteiger partial charge in [-0.15, -0.1) is 0 Å². The van der Waals surface area contributed by atoms with Crippen LogP contribution in [0.3, 0.4) is 0 Å². The molecule has 0 aliphatic heterocycles. The molecule has 0 fully saturated rings. The third-order valence-electron chi connectivity index (χ3n) is 3.84. The fraction of sp³-hybridized carbons (Fsp3) is 0.412. The summed E-state index contributed by atoms with van der Waals surface area (Å²) in [5.41, 5.74) is 1.24. The van der Waals surface area contributed by atoms with Crippen LogP contribution in [-0.2, 0) is 11.8 Å². The first-order valence-corrected chi connectivity index (χ1v) is 8.00. The normalized spacial score (nSPS) is 12.4. The molecule has 1 heterocycles. The summed E-state index contributed by atoms with van der Waals surface area (Å²) in [6.07, 6.45) is 0.562. The molecule has 124 valence electrons. The van der Waals surface area contributed by atoms with Crippen LogP contribution < -0.4 is 10.6 Å². The highest BCUT2D eigenvalue weighted by Crippen LogP contribution is 2.29. The standard InChI is InChI=1S/C17H22ClN3O2/c1-10(2)9-12(16(22)19-3)20-17(23)15-14(18)11-7-5-6-8-13(11)21(15)4/h5-8,10,12H,9H2,1-4H3,(H,19,22)(H,20,23)/t12-/m1/s1. The van der Waals surface area contributed by atoms with E-state index < -0.39 is 6.04 Å². The van der Waals surface area contributed by atoms with Gasteiger partial charge in [-0.05, 0) is 18.4 Å². The number of rotatable bonds is 5. The number of carbonyl (C=O) groups excluding carboxylic acids is 2. The van der Waals surface area contributed by atoms with Gasteiger partial charge in [-0.1, -0.05) is 43.6 Å².